The van der Waals surface area contributed by atoms with Gasteiger partial charge in [0.25, 0.3) is 0 Å². The summed E-state index contributed by atoms with van der Waals surface area (Å²) >= 11 is 0. The van der Waals surface area contributed by atoms with Gasteiger partial charge < -0.3 is 37.4 Å². The zero-order chi connectivity index (χ0) is 30.7. The maximum absolute atomic E-state index is 13.3. The molecule has 0 radical (unpaired) electrons. The van der Waals surface area contributed by atoms with Crippen molar-refractivity contribution >= 4 is 23.6 Å². The molecule has 0 rings (SSSR count). The third kappa shape index (κ3) is 20.7. The molecule has 236 valence electrons. The Morgan fingerprint density at radius 2 is 1.37 bits per heavy atom. The maximum atomic E-state index is 13.3. The number of rotatable bonds is 25. The summed E-state index contributed by atoms with van der Waals surface area (Å²) in [5.41, 5.74) is 11.5. The van der Waals surface area contributed by atoms with E-state index in [1.54, 1.807) is 4.90 Å². The Hall–Kier alpha value is -2.76. The molecular weight excluding hydrogens is 524 g/mol. The number of amides is 4. The van der Waals surface area contributed by atoms with Crippen LogP contribution in [0.5, 0.6) is 0 Å². The van der Waals surface area contributed by atoms with Crippen LogP contribution in [0, 0.1) is 0 Å². The lowest BCUT2D eigenvalue weighted by Crippen LogP contribution is -2.54. The molecule has 0 aliphatic rings. The Morgan fingerprint density at radius 1 is 0.805 bits per heavy atom. The predicted molar refractivity (Wildman–Crippen MR) is 164 cm³/mol. The molecule has 0 saturated carbocycles. The van der Waals surface area contributed by atoms with E-state index >= 15 is 0 Å². The molecule has 0 saturated heterocycles. The fourth-order valence-corrected chi connectivity index (χ4v) is 3.98. The molecule has 4 amide bonds. The highest BCUT2D eigenvalue weighted by Crippen LogP contribution is 2.04. The molecule has 11 nitrogen and oxygen atoms in total. The number of hydrogen-bond acceptors (Lipinski definition) is 7. The average Bonchev–Trinajstić information content (AvgIpc) is 2.96. The number of allylic oxidation sites excluding steroid dienone is 4. The van der Waals surface area contributed by atoms with Crippen LogP contribution in [-0.4, -0.2) is 85.0 Å². The summed E-state index contributed by atoms with van der Waals surface area (Å²) in [6.45, 7) is 5.68. The molecule has 41 heavy (non-hydrogen) atoms. The minimum atomic E-state index is -1.11. The molecule has 0 aromatic carbocycles. The molecule has 0 bridgehead atoms. The van der Waals surface area contributed by atoms with E-state index in [0.717, 1.165) is 19.3 Å². The third-order valence-electron chi connectivity index (χ3n) is 6.40. The molecule has 0 aromatic rings. The van der Waals surface area contributed by atoms with Crippen molar-refractivity contribution in [2.24, 2.45) is 11.5 Å². The van der Waals surface area contributed by atoms with Crippen molar-refractivity contribution in [1.82, 2.24) is 20.9 Å². The van der Waals surface area contributed by atoms with Crippen LogP contribution in [0.15, 0.2) is 24.3 Å². The van der Waals surface area contributed by atoms with Crippen LogP contribution >= 0.6 is 0 Å². The molecule has 0 fully saturated rings. The van der Waals surface area contributed by atoms with Crippen molar-refractivity contribution in [3.8, 4) is 0 Å². The Balaban J connectivity index is 4.91. The molecular formula is C30H56N6O5. The van der Waals surface area contributed by atoms with E-state index in [1.807, 2.05) is 38.2 Å². The van der Waals surface area contributed by atoms with Crippen LogP contribution in [0.1, 0.15) is 90.9 Å². The van der Waals surface area contributed by atoms with Gasteiger partial charge in [-0.3, -0.25) is 19.2 Å². The highest BCUT2D eigenvalue weighted by Gasteiger charge is 2.27. The first-order chi connectivity index (χ1) is 19.8. The summed E-state index contributed by atoms with van der Waals surface area (Å²) in [6.07, 6.45) is 15.9. The van der Waals surface area contributed by atoms with E-state index in [4.69, 9.17) is 11.5 Å². The van der Waals surface area contributed by atoms with E-state index in [1.165, 1.54) is 0 Å². The van der Waals surface area contributed by atoms with Crippen LogP contribution in [0.25, 0.3) is 0 Å². The fourth-order valence-electron chi connectivity index (χ4n) is 3.98. The lowest BCUT2D eigenvalue weighted by atomic mass is 10.1. The standard InChI is InChI=1S/C30H56N6O5/c1-3-5-7-9-17-27(38)33-20-13-14-22-36(23-15-21-34-28(39)18-10-8-6-4-2)30(41)26(24-37)35-29(40)25(32)16-11-12-19-31/h5-8,25-26,37H,3-4,9-24,31-32H2,1-2H3,(H,33,38)(H,34,39)(H,35,40)/t25-,26-/m0/s1. The number of hydrogen-bond donors (Lipinski definition) is 6. The van der Waals surface area contributed by atoms with E-state index in [0.29, 0.717) is 90.5 Å². The summed E-state index contributed by atoms with van der Waals surface area (Å²) in [6, 6.07) is -1.90. The number of aliphatic hydroxyl groups is 1. The monoisotopic (exact) mass is 580 g/mol. The van der Waals surface area contributed by atoms with Gasteiger partial charge in [-0.05, 0) is 64.3 Å². The van der Waals surface area contributed by atoms with Crippen molar-refractivity contribution in [3.05, 3.63) is 24.3 Å². The number of nitrogens with two attached hydrogens (primary N) is 2. The molecule has 0 aliphatic carbocycles. The van der Waals surface area contributed by atoms with Gasteiger partial charge in [0.2, 0.25) is 23.6 Å². The summed E-state index contributed by atoms with van der Waals surface area (Å²) in [7, 11) is 0. The second kappa shape index (κ2) is 26.2. The Kier molecular flexibility index (Phi) is 24.4. The normalized spacial score (nSPS) is 12.8. The first-order valence-corrected chi connectivity index (χ1v) is 15.3. The SMILES string of the molecule is CCC=CCCC(=O)NCCCCN(CCCNC(=O)CCC=CCC)C(=O)[C@H](CO)NC(=O)[C@@H](N)CCCCN. The first-order valence-electron chi connectivity index (χ1n) is 15.3. The van der Waals surface area contributed by atoms with Crippen LogP contribution < -0.4 is 27.4 Å². The van der Waals surface area contributed by atoms with E-state index in [-0.39, 0.29) is 11.8 Å². The topological polar surface area (TPSA) is 180 Å². The number of carbonyl (C=O) groups is 4. The molecule has 0 heterocycles. The summed E-state index contributed by atoms with van der Waals surface area (Å²) in [4.78, 5) is 51.4. The highest BCUT2D eigenvalue weighted by molar-refractivity contribution is 5.89. The quantitative estimate of drug-likeness (QED) is 0.0701. The Morgan fingerprint density at radius 3 is 1.90 bits per heavy atom. The summed E-state index contributed by atoms with van der Waals surface area (Å²) in [5.74, 6) is -0.952. The van der Waals surface area contributed by atoms with E-state index < -0.39 is 30.5 Å². The van der Waals surface area contributed by atoms with E-state index in [2.05, 4.69) is 16.0 Å². The van der Waals surface area contributed by atoms with Gasteiger partial charge in [0.05, 0.1) is 12.6 Å². The second-order valence-electron chi connectivity index (χ2n) is 10.1. The van der Waals surface area contributed by atoms with Gasteiger partial charge in [0.15, 0.2) is 0 Å². The van der Waals surface area contributed by atoms with Gasteiger partial charge in [-0.1, -0.05) is 44.6 Å². The number of unbranched alkanes of at least 4 members (excludes halogenated alkanes) is 2. The van der Waals surface area contributed by atoms with Gasteiger partial charge in [0, 0.05) is 39.0 Å². The molecule has 2 atom stereocenters. The number of carbonyl (C=O) groups excluding carboxylic acids is 4. The van der Waals surface area contributed by atoms with Gasteiger partial charge in [-0.15, -0.1) is 0 Å². The molecule has 8 N–H and O–H groups in total. The maximum Gasteiger partial charge on any atom is 0.247 e. The molecule has 11 heteroatoms. The smallest absolute Gasteiger partial charge is 0.247 e. The second-order valence-corrected chi connectivity index (χ2v) is 10.1. The van der Waals surface area contributed by atoms with Gasteiger partial charge >= 0.3 is 0 Å². The van der Waals surface area contributed by atoms with Crippen molar-refractivity contribution in [2.45, 2.75) is 103 Å². The van der Waals surface area contributed by atoms with Gasteiger partial charge in [0.1, 0.15) is 6.04 Å². The number of aliphatic hydroxyl groups excluding tert-OH is 1. The lowest BCUT2D eigenvalue weighted by Gasteiger charge is -2.28. The van der Waals surface area contributed by atoms with Crippen molar-refractivity contribution in [2.75, 3.05) is 39.3 Å². The largest absolute Gasteiger partial charge is 0.394 e. The lowest BCUT2D eigenvalue weighted by molar-refractivity contribution is -0.138. The van der Waals surface area contributed by atoms with Crippen LogP contribution in [0.4, 0.5) is 0 Å². The van der Waals surface area contributed by atoms with Crippen LogP contribution in [0.2, 0.25) is 0 Å². The number of nitrogens with one attached hydrogen (secondary N) is 3. The van der Waals surface area contributed by atoms with Crippen LogP contribution in [0.3, 0.4) is 0 Å². The predicted octanol–water partition coefficient (Wildman–Crippen LogP) is 1.64. The van der Waals surface area contributed by atoms with E-state index in [9.17, 15) is 24.3 Å². The third-order valence-corrected chi connectivity index (χ3v) is 6.40. The Bertz CT molecular complexity index is 789. The van der Waals surface area contributed by atoms with Crippen LogP contribution in [-0.2, 0) is 19.2 Å². The first kappa shape index (κ1) is 38.2. The molecule has 0 aliphatic heterocycles. The minimum absolute atomic E-state index is 0.00882. The summed E-state index contributed by atoms with van der Waals surface area (Å²) < 4.78 is 0. The van der Waals surface area contributed by atoms with Crippen molar-refractivity contribution < 1.29 is 24.3 Å². The zero-order valence-electron chi connectivity index (χ0n) is 25.4. The zero-order valence-corrected chi connectivity index (χ0v) is 25.4. The highest BCUT2D eigenvalue weighted by atomic mass is 16.3. The minimum Gasteiger partial charge on any atom is -0.394 e. The summed E-state index contributed by atoms with van der Waals surface area (Å²) in [5, 5.41) is 18.3. The van der Waals surface area contributed by atoms with Gasteiger partial charge in [-0.2, -0.15) is 0 Å². The van der Waals surface area contributed by atoms with Crippen molar-refractivity contribution in [3.63, 3.8) is 0 Å². The van der Waals surface area contributed by atoms with Gasteiger partial charge in [-0.25, -0.2) is 0 Å². The van der Waals surface area contributed by atoms with Crippen molar-refractivity contribution in [1.29, 1.82) is 0 Å². The molecule has 0 unspecified atom stereocenters. The molecule has 0 aromatic heterocycles. The number of nitrogens with zero attached hydrogens (tertiary/aromatic N) is 1. The average molecular weight is 581 g/mol. The molecule has 0 spiro atoms. The fraction of sp³-hybridized carbons (Fsp3) is 0.733. The Labute approximate surface area is 246 Å².